The van der Waals surface area contributed by atoms with E-state index in [-0.39, 0.29) is 0 Å². The Morgan fingerprint density at radius 3 is 2.75 bits per heavy atom. The van der Waals surface area contributed by atoms with Crippen molar-refractivity contribution in [1.82, 2.24) is 14.9 Å². The maximum Gasteiger partial charge on any atom is 0.145 e. The average Bonchev–Trinajstić information content (AvgIpc) is 3.22. The van der Waals surface area contributed by atoms with Crippen LogP contribution in [0.25, 0.3) is 0 Å². The van der Waals surface area contributed by atoms with Gasteiger partial charge in [-0.3, -0.25) is 4.90 Å². The first-order valence-electron chi connectivity index (χ1n) is 9.80. The van der Waals surface area contributed by atoms with Gasteiger partial charge in [0.15, 0.2) is 0 Å². The highest BCUT2D eigenvalue weighted by Crippen LogP contribution is 2.28. The molecule has 3 aromatic rings. The van der Waals surface area contributed by atoms with Gasteiger partial charge in [-0.05, 0) is 61.3 Å². The lowest BCUT2D eigenvalue weighted by Crippen LogP contribution is -2.29. The predicted molar refractivity (Wildman–Crippen MR) is 108 cm³/mol. The number of likely N-dealkylation sites (tertiary alicyclic amines) is 1. The first-order chi connectivity index (χ1) is 13.8. The van der Waals surface area contributed by atoms with E-state index in [4.69, 9.17) is 4.74 Å². The molecule has 1 N–H and O–H groups in total. The molecule has 1 aliphatic heterocycles. The summed E-state index contributed by atoms with van der Waals surface area (Å²) in [4.78, 5) is 9.87. The summed E-state index contributed by atoms with van der Waals surface area (Å²) >= 11 is 0. The molecule has 1 aromatic heterocycles. The number of hydrogen-bond acceptors (Lipinski definition) is 4. The van der Waals surface area contributed by atoms with Crippen LogP contribution >= 0.6 is 0 Å². The Labute approximate surface area is 165 Å². The van der Waals surface area contributed by atoms with Gasteiger partial charge in [0.1, 0.15) is 23.4 Å². The molecular formula is C23H24N4O. The molecule has 2 aromatic carbocycles. The normalized spacial score (nSPS) is 14.5. The van der Waals surface area contributed by atoms with E-state index in [2.05, 4.69) is 33.1 Å². The lowest BCUT2D eigenvalue weighted by Gasteiger charge is -2.26. The Morgan fingerprint density at radius 1 is 1.07 bits per heavy atom. The van der Waals surface area contributed by atoms with Crippen LogP contribution in [0.4, 0.5) is 0 Å². The van der Waals surface area contributed by atoms with E-state index < -0.39 is 0 Å². The van der Waals surface area contributed by atoms with Crippen molar-refractivity contribution in [2.75, 3.05) is 13.1 Å². The van der Waals surface area contributed by atoms with Crippen molar-refractivity contribution in [3.05, 3.63) is 77.4 Å². The van der Waals surface area contributed by atoms with E-state index in [1.54, 1.807) is 6.20 Å². The van der Waals surface area contributed by atoms with Gasteiger partial charge in [-0.25, -0.2) is 4.98 Å². The summed E-state index contributed by atoms with van der Waals surface area (Å²) in [5.74, 6) is 2.24. The number of nitrogens with zero attached hydrogens (tertiary/aromatic N) is 3. The highest BCUT2D eigenvalue weighted by molar-refractivity contribution is 5.48. The van der Waals surface area contributed by atoms with E-state index >= 15 is 0 Å². The molecule has 0 spiro atoms. The van der Waals surface area contributed by atoms with Crippen LogP contribution in [0.1, 0.15) is 41.8 Å². The zero-order chi connectivity index (χ0) is 19.2. The first kappa shape index (κ1) is 18.3. The average molecular weight is 372 g/mol. The van der Waals surface area contributed by atoms with Crippen molar-refractivity contribution in [3.8, 4) is 17.6 Å². The molecule has 1 fully saturated rings. The molecule has 0 radical (unpaired) electrons. The fourth-order valence-corrected chi connectivity index (χ4v) is 3.65. The summed E-state index contributed by atoms with van der Waals surface area (Å²) in [5.41, 5.74) is 2.82. The van der Waals surface area contributed by atoms with Crippen molar-refractivity contribution in [3.63, 3.8) is 0 Å². The number of H-pyrrole nitrogens is 1. The Balaban J connectivity index is 1.51. The third-order valence-electron chi connectivity index (χ3n) is 5.07. The molecular weight excluding hydrogens is 348 g/mol. The van der Waals surface area contributed by atoms with Crippen molar-refractivity contribution < 1.29 is 4.74 Å². The largest absolute Gasteiger partial charge is 0.456 e. The van der Waals surface area contributed by atoms with Crippen molar-refractivity contribution >= 4 is 0 Å². The second-order valence-corrected chi connectivity index (χ2v) is 7.24. The lowest BCUT2D eigenvalue weighted by atomic mass is 10.1. The van der Waals surface area contributed by atoms with Crippen LogP contribution < -0.4 is 4.74 Å². The molecule has 0 unspecified atom stereocenters. The topological polar surface area (TPSA) is 64.9 Å². The number of nitriles is 1. The van der Waals surface area contributed by atoms with Crippen LogP contribution in [-0.2, 0) is 13.0 Å². The van der Waals surface area contributed by atoms with E-state index in [1.807, 2.05) is 36.5 Å². The zero-order valence-electron chi connectivity index (χ0n) is 15.9. The monoisotopic (exact) mass is 372 g/mol. The third-order valence-corrected chi connectivity index (χ3v) is 5.07. The van der Waals surface area contributed by atoms with Gasteiger partial charge in [-0.2, -0.15) is 5.26 Å². The minimum atomic E-state index is 0.532. The summed E-state index contributed by atoms with van der Waals surface area (Å²) in [6.07, 6.45) is 8.12. The number of benzene rings is 2. The van der Waals surface area contributed by atoms with Crippen LogP contribution in [0.15, 0.2) is 54.9 Å². The quantitative estimate of drug-likeness (QED) is 0.684. The molecule has 0 aliphatic carbocycles. The van der Waals surface area contributed by atoms with Crippen molar-refractivity contribution in [1.29, 1.82) is 5.26 Å². The first-order valence-corrected chi connectivity index (χ1v) is 9.80. The molecule has 0 amide bonds. The summed E-state index contributed by atoms with van der Waals surface area (Å²) in [5, 5.41) is 9.46. The highest BCUT2D eigenvalue weighted by atomic mass is 16.5. The van der Waals surface area contributed by atoms with Crippen molar-refractivity contribution in [2.24, 2.45) is 0 Å². The number of piperidine rings is 1. The van der Waals surface area contributed by atoms with Crippen LogP contribution in [0.2, 0.25) is 0 Å². The van der Waals surface area contributed by atoms with Crippen LogP contribution in [0.3, 0.4) is 0 Å². The Kier molecular flexibility index (Phi) is 5.69. The number of nitrogens with one attached hydrogen (secondary N) is 1. The lowest BCUT2D eigenvalue weighted by molar-refractivity contribution is 0.220. The molecule has 142 valence electrons. The predicted octanol–water partition coefficient (Wildman–Crippen LogP) is 4.65. The number of hydrogen-bond donors (Lipinski definition) is 1. The third kappa shape index (κ3) is 4.59. The summed E-state index contributed by atoms with van der Waals surface area (Å²) in [7, 11) is 0. The minimum Gasteiger partial charge on any atom is -0.456 e. The maximum atomic E-state index is 9.46. The number of ether oxygens (including phenoxy) is 1. The van der Waals surface area contributed by atoms with E-state index in [0.717, 1.165) is 23.7 Å². The van der Waals surface area contributed by atoms with Crippen LogP contribution in [-0.4, -0.2) is 28.0 Å². The fourth-order valence-electron chi connectivity index (χ4n) is 3.65. The molecule has 0 atom stereocenters. The highest BCUT2D eigenvalue weighted by Gasteiger charge is 2.12. The molecule has 0 bridgehead atoms. The molecule has 1 aliphatic rings. The van der Waals surface area contributed by atoms with E-state index in [9.17, 15) is 5.26 Å². The fraction of sp³-hybridized carbons (Fsp3) is 0.304. The molecule has 0 saturated carbocycles. The molecule has 2 heterocycles. The van der Waals surface area contributed by atoms with Gasteiger partial charge in [-0.15, -0.1) is 0 Å². The van der Waals surface area contributed by atoms with Crippen LogP contribution in [0.5, 0.6) is 11.5 Å². The Hall–Kier alpha value is -3.10. The van der Waals surface area contributed by atoms with E-state index in [1.165, 1.54) is 37.9 Å². The summed E-state index contributed by atoms with van der Waals surface area (Å²) in [6.45, 7) is 3.28. The Bertz CT molecular complexity index is 953. The number of rotatable bonds is 6. The van der Waals surface area contributed by atoms with Crippen molar-refractivity contribution in [2.45, 2.75) is 32.2 Å². The second kappa shape index (κ2) is 8.73. The standard InChI is InChI=1S/C23H24N4O/c24-16-20-8-7-18(15-23-25-9-10-26-23)14-22(20)28-21-6-4-5-19(13-21)17-27-11-2-1-3-12-27/h4-10,13-14H,1-3,11-12,15,17H2,(H,25,26). The number of aromatic amines is 1. The van der Waals surface area contributed by atoms with Gasteiger partial charge in [0.25, 0.3) is 0 Å². The number of aromatic nitrogens is 2. The SMILES string of the molecule is N#Cc1ccc(Cc2ncc[nH]2)cc1Oc1cccc(CN2CCCCC2)c1. The molecule has 5 nitrogen and oxygen atoms in total. The smallest absolute Gasteiger partial charge is 0.145 e. The van der Waals surface area contributed by atoms with E-state index in [0.29, 0.717) is 17.7 Å². The molecule has 5 heteroatoms. The molecule has 1 saturated heterocycles. The van der Waals surface area contributed by atoms with Gasteiger partial charge in [0, 0.05) is 25.4 Å². The van der Waals surface area contributed by atoms with Crippen LogP contribution in [0, 0.1) is 11.3 Å². The minimum absolute atomic E-state index is 0.532. The molecule has 4 rings (SSSR count). The zero-order valence-corrected chi connectivity index (χ0v) is 15.9. The maximum absolute atomic E-state index is 9.46. The Morgan fingerprint density at radius 2 is 1.96 bits per heavy atom. The van der Waals surface area contributed by atoms with Gasteiger partial charge in [0.05, 0.1) is 5.56 Å². The van der Waals surface area contributed by atoms with Gasteiger partial charge < -0.3 is 9.72 Å². The summed E-state index contributed by atoms with van der Waals surface area (Å²) < 4.78 is 6.12. The van der Waals surface area contributed by atoms with Gasteiger partial charge >= 0.3 is 0 Å². The summed E-state index contributed by atoms with van der Waals surface area (Å²) in [6, 6.07) is 16.1. The number of imidazole rings is 1. The second-order valence-electron chi connectivity index (χ2n) is 7.24. The molecule has 28 heavy (non-hydrogen) atoms. The van der Waals surface area contributed by atoms with Gasteiger partial charge in [0.2, 0.25) is 0 Å². The van der Waals surface area contributed by atoms with Gasteiger partial charge in [-0.1, -0.05) is 24.6 Å².